The summed E-state index contributed by atoms with van der Waals surface area (Å²) in [5.41, 5.74) is -0.885. The van der Waals surface area contributed by atoms with E-state index in [9.17, 15) is 18.0 Å². The quantitative estimate of drug-likeness (QED) is 0.827. The van der Waals surface area contributed by atoms with E-state index in [1.807, 2.05) is 6.92 Å². The molecule has 134 valence electrons. The van der Waals surface area contributed by atoms with Crippen molar-refractivity contribution in [2.24, 2.45) is 11.8 Å². The van der Waals surface area contributed by atoms with Crippen molar-refractivity contribution in [2.45, 2.75) is 64.7 Å². The molecular formula is C17H24F3N3O. The molecule has 1 aliphatic heterocycles. The van der Waals surface area contributed by atoms with Crippen molar-refractivity contribution in [1.82, 2.24) is 14.7 Å². The summed E-state index contributed by atoms with van der Waals surface area (Å²) in [4.78, 5) is 14.7. The third kappa shape index (κ3) is 3.30. The van der Waals surface area contributed by atoms with Crippen LogP contribution in [0.4, 0.5) is 13.2 Å². The maximum Gasteiger partial charge on any atom is 0.435 e. The monoisotopic (exact) mass is 343 g/mol. The highest BCUT2D eigenvalue weighted by Crippen LogP contribution is 2.39. The lowest BCUT2D eigenvalue weighted by Crippen LogP contribution is -2.47. The molecule has 2 fully saturated rings. The maximum absolute atomic E-state index is 13.0. The minimum atomic E-state index is -4.52. The van der Waals surface area contributed by atoms with E-state index in [-0.39, 0.29) is 23.7 Å². The van der Waals surface area contributed by atoms with E-state index < -0.39 is 11.9 Å². The predicted octanol–water partition coefficient (Wildman–Crippen LogP) is 4.13. The van der Waals surface area contributed by atoms with Crippen LogP contribution < -0.4 is 0 Å². The van der Waals surface area contributed by atoms with Gasteiger partial charge in [0.2, 0.25) is 0 Å². The fourth-order valence-electron chi connectivity index (χ4n) is 3.40. The number of amides is 1. The lowest BCUT2D eigenvalue weighted by atomic mass is 9.85. The molecule has 3 rings (SSSR count). The van der Waals surface area contributed by atoms with Gasteiger partial charge in [0.1, 0.15) is 5.69 Å². The molecule has 1 aromatic heterocycles. The van der Waals surface area contributed by atoms with Crippen molar-refractivity contribution in [3.05, 3.63) is 17.5 Å². The predicted molar refractivity (Wildman–Crippen MR) is 83.6 cm³/mol. The lowest BCUT2D eigenvalue weighted by Gasteiger charge is -2.39. The third-order valence-corrected chi connectivity index (χ3v) is 5.26. The molecule has 1 aliphatic carbocycles. The number of piperidine rings is 1. The second kappa shape index (κ2) is 6.08. The van der Waals surface area contributed by atoms with Crippen LogP contribution in [-0.2, 0) is 6.18 Å². The first-order valence-electron chi connectivity index (χ1n) is 8.66. The second-order valence-corrected chi connectivity index (χ2v) is 7.48. The molecule has 2 heterocycles. The van der Waals surface area contributed by atoms with E-state index in [2.05, 4.69) is 18.9 Å². The minimum Gasteiger partial charge on any atom is -0.334 e. The number of carbonyl (C=O) groups is 1. The molecule has 1 saturated carbocycles. The topological polar surface area (TPSA) is 38.1 Å². The molecule has 0 bridgehead atoms. The highest BCUT2D eigenvalue weighted by molar-refractivity contribution is 5.93. The summed E-state index contributed by atoms with van der Waals surface area (Å²) < 4.78 is 40.3. The average Bonchev–Trinajstić information content (AvgIpc) is 3.23. The van der Waals surface area contributed by atoms with Crippen LogP contribution in [0.2, 0.25) is 0 Å². The number of halogens is 3. The number of nitrogens with zero attached hydrogens (tertiary/aromatic N) is 3. The summed E-state index contributed by atoms with van der Waals surface area (Å²) in [6.07, 6.45) is -1.02. The summed E-state index contributed by atoms with van der Waals surface area (Å²) in [7, 11) is 0. The van der Waals surface area contributed by atoms with Crippen LogP contribution >= 0.6 is 0 Å². The number of rotatable bonds is 3. The molecule has 2 aliphatic rings. The Morgan fingerprint density at radius 1 is 1.25 bits per heavy atom. The van der Waals surface area contributed by atoms with Crippen molar-refractivity contribution in [1.29, 1.82) is 0 Å². The summed E-state index contributed by atoms with van der Waals surface area (Å²) in [6.45, 7) is 6.82. The first-order chi connectivity index (χ1) is 11.2. The number of aromatic nitrogens is 2. The number of hydrogen-bond donors (Lipinski definition) is 0. The minimum absolute atomic E-state index is 0.0457. The smallest absolute Gasteiger partial charge is 0.334 e. The van der Waals surface area contributed by atoms with E-state index in [0.717, 1.165) is 31.7 Å². The number of likely N-dealkylation sites (tertiary alicyclic amines) is 1. The molecule has 0 spiro atoms. The number of carbonyl (C=O) groups excluding carboxylic acids is 1. The molecule has 1 saturated heterocycles. The standard InChI is InChI=1S/C17H24F3N3O/c1-10(2)12-5-4-11(3)22(9-12)16(24)14-8-15(17(18,19)20)21-23(14)13-6-7-13/h8,10-13H,4-7,9H2,1-3H3. The Morgan fingerprint density at radius 3 is 2.46 bits per heavy atom. The van der Waals surface area contributed by atoms with Gasteiger partial charge in [-0.1, -0.05) is 13.8 Å². The molecule has 0 N–H and O–H groups in total. The van der Waals surface area contributed by atoms with Gasteiger partial charge in [0, 0.05) is 18.7 Å². The zero-order valence-corrected chi connectivity index (χ0v) is 14.3. The number of hydrogen-bond acceptors (Lipinski definition) is 2. The molecule has 0 aromatic carbocycles. The molecule has 2 unspecified atom stereocenters. The zero-order valence-electron chi connectivity index (χ0n) is 14.3. The van der Waals surface area contributed by atoms with Gasteiger partial charge in [-0.3, -0.25) is 9.48 Å². The van der Waals surface area contributed by atoms with Crippen molar-refractivity contribution in [2.75, 3.05) is 6.54 Å². The Bertz CT molecular complexity index is 619. The second-order valence-electron chi connectivity index (χ2n) is 7.48. The number of alkyl halides is 3. The molecule has 2 atom stereocenters. The fourth-order valence-corrected chi connectivity index (χ4v) is 3.40. The van der Waals surface area contributed by atoms with Gasteiger partial charge < -0.3 is 4.90 Å². The average molecular weight is 343 g/mol. The van der Waals surface area contributed by atoms with E-state index in [4.69, 9.17) is 0 Å². The first kappa shape index (κ1) is 17.3. The highest BCUT2D eigenvalue weighted by Gasteiger charge is 2.40. The van der Waals surface area contributed by atoms with Crippen LogP contribution in [0.1, 0.15) is 68.7 Å². The molecule has 1 aromatic rings. The van der Waals surface area contributed by atoms with E-state index in [1.165, 1.54) is 4.68 Å². The van der Waals surface area contributed by atoms with Gasteiger partial charge in [0.15, 0.2) is 5.69 Å². The Hall–Kier alpha value is -1.53. The molecule has 7 heteroatoms. The maximum atomic E-state index is 13.0. The summed E-state index contributed by atoms with van der Waals surface area (Å²) in [5.74, 6) is 0.527. The van der Waals surface area contributed by atoms with Gasteiger partial charge in [-0.15, -0.1) is 0 Å². The normalized spacial score (nSPS) is 25.4. The van der Waals surface area contributed by atoms with Gasteiger partial charge in [0.05, 0.1) is 6.04 Å². The van der Waals surface area contributed by atoms with Gasteiger partial charge in [-0.25, -0.2) is 0 Å². The Morgan fingerprint density at radius 2 is 1.92 bits per heavy atom. The van der Waals surface area contributed by atoms with Crippen LogP contribution in [0.15, 0.2) is 6.07 Å². The lowest BCUT2D eigenvalue weighted by molar-refractivity contribution is -0.141. The van der Waals surface area contributed by atoms with Crippen molar-refractivity contribution >= 4 is 5.91 Å². The molecular weight excluding hydrogens is 319 g/mol. The third-order valence-electron chi connectivity index (χ3n) is 5.26. The fraction of sp³-hybridized carbons (Fsp3) is 0.765. The van der Waals surface area contributed by atoms with Crippen LogP contribution in [0.25, 0.3) is 0 Å². The summed E-state index contributed by atoms with van der Waals surface area (Å²) >= 11 is 0. The van der Waals surface area contributed by atoms with Crippen LogP contribution in [0.3, 0.4) is 0 Å². The molecule has 4 nitrogen and oxygen atoms in total. The Kier molecular flexibility index (Phi) is 4.38. The van der Waals surface area contributed by atoms with Gasteiger partial charge in [0.25, 0.3) is 5.91 Å². The Balaban J connectivity index is 1.89. The van der Waals surface area contributed by atoms with E-state index >= 15 is 0 Å². The van der Waals surface area contributed by atoms with Gasteiger partial charge in [-0.2, -0.15) is 18.3 Å². The van der Waals surface area contributed by atoms with Crippen LogP contribution in [0.5, 0.6) is 0 Å². The van der Waals surface area contributed by atoms with Crippen molar-refractivity contribution in [3.8, 4) is 0 Å². The van der Waals surface area contributed by atoms with Crippen LogP contribution in [0, 0.1) is 11.8 Å². The van der Waals surface area contributed by atoms with Gasteiger partial charge in [-0.05, 0) is 44.4 Å². The summed E-state index contributed by atoms with van der Waals surface area (Å²) in [6, 6.07) is 0.900. The Labute approximate surface area is 140 Å². The van der Waals surface area contributed by atoms with E-state index in [0.29, 0.717) is 18.4 Å². The molecule has 1 amide bonds. The van der Waals surface area contributed by atoms with Gasteiger partial charge >= 0.3 is 6.18 Å². The van der Waals surface area contributed by atoms with E-state index in [1.54, 1.807) is 4.90 Å². The first-order valence-corrected chi connectivity index (χ1v) is 8.66. The SMILES string of the molecule is CC(C)C1CCC(C)N(C(=O)c2cc(C(F)(F)F)nn2C2CC2)C1. The largest absolute Gasteiger partial charge is 0.435 e. The zero-order chi connectivity index (χ0) is 17.6. The highest BCUT2D eigenvalue weighted by atomic mass is 19.4. The van der Waals surface area contributed by atoms with Crippen LogP contribution in [-0.4, -0.2) is 33.2 Å². The van der Waals surface area contributed by atoms with Crippen molar-refractivity contribution < 1.29 is 18.0 Å². The van der Waals surface area contributed by atoms with Crippen molar-refractivity contribution in [3.63, 3.8) is 0 Å². The summed E-state index contributed by atoms with van der Waals surface area (Å²) in [5, 5.41) is 3.68. The molecule has 24 heavy (non-hydrogen) atoms. The molecule has 0 radical (unpaired) electrons.